The van der Waals surface area contributed by atoms with Crippen molar-refractivity contribution in [3.05, 3.63) is 40.4 Å². The smallest absolute Gasteiger partial charge is 0.203 e. The van der Waals surface area contributed by atoms with E-state index >= 15 is 0 Å². The average Bonchev–Trinajstić information content (AvgIpc) is 2.87. The van der Waals surface area contributed by atoms with Crippen molar-refractivity contribution >= 4 is 22.7 Å². The molecule has 0 amide bonds. The van der Waals surface area contributed by atoms with Crippen LogP contribution in [-0.2, 0) is 0 Å². The van der Waals surface area contributed by atoms with Crippen molar-refractivity contribution < 1.29 is 4.74 Å². The summed E-state index contributed by atoms with van der Waals surface area (Å²) in [5.74, 6) is 0.915. The summed E-state index contributed by atoms with van der Waals surface area (Å²) >= 11 is 1.61. The molecule has 0 saturated heterocycles. The average molecular weight is 331 g/mol. The number of benzene rings is 1. The molecule has 0 fully saturated rings. The van der Waals surface area contributed by atoms with Crippen molar-refractivity contribution in [1.82, 2.24) is 4.98 Å². The minimum absolute atomic E-state index is 0.789. The molecule has 0 aliphatic carbocycles. The number of aryl methyl sites for hydroxylation is 2. The number of hydrogen-bond donors (Lipinski definition) is 1. The molecule has 23 heavy (non-hydrogen) atoms. The van der Waals surface area contributed by atoms with Crippen molar-refractivity contribution in [3.8, 4) is 5.75 Å². The monoisotopic (exact) mass is 331 g/mol. The third kappa shape index (κ3) is 6.02. The van der Waals surface area contributed by atoms with Gasteiger partial charge in [-0.1, -0.05) is 26.2 Å². The second-order valence-electron chi connectivity index (χ2n) is 5.51. The van der Waals surface area contributed by atoms with E-state index in [9.17, 15) is 0 Å². The molecule has 1 heterocycles. The fraction of sp³-hybridized carbons (Fsp3) is 0.444. The number of aromatic nitrogens is 1. The van der Waals surface area contributed by atoms with Crippen LogP contribution < -0.4 is 10.2 Å². The van der Waals surface area contributed by atoms with Crippen LogP contribution in [-0.4, -0.2) is 17.8 Å². The summed E-state index contributed by atoms with van der Waals surface area (Å²) in [5, 5.41) is 5.05. The third-order valence-electron chi connectivity index (χ3n) is 3.55. The summed E-state index contributed by atoms with van der Waals surface area (Å²) in [6.07, 6.45) is 6.68. The van der Waals surface area contributed by atoms with Gasteiger partial charge in [-0.15, -0.1) is 11.3 Å². The number of hydrogen-bond acceptors (Lipinski definition) is 5. The lowest BCUT2D eigenvalue weighted by Gasteiger charge is -2.05. The number of unbranched alkanes of at least 4 members (excludes halogenated alkanes) is 3. The largest absolute Gasteiger partial charge is 0.494 e. The first-order chi connectivity index (χ1) is 11.2. The van der Waals surface area contributed by atoms with Gasteiger partial charge in [0, 0.05) is 4.88 Å². The van der Waals surface area contributed by atoms with Crippen LogP contribution in [0.15, 0.2) is 29.4 Å². The highest BCUT2D eigenvalue weighted by Crippen LogP contribution is 2.20. The van der Waals surface area contributed by atoms with Gasteiger partial charge in [0.25, 0.3) is 0 Å². The SMILES string of the molecule is CCCCCCOc1ccc(/C=N\Nc2nc(C)c(C)s2)cc1. The van der Waals surface area contributed by atoms with Crippen LogP contribution in [0.2, 0.25) is 0 Å². The normalized spacial score (nSPS) is 11.1. The zero-order chi connectivity index (χ0) is 16.5. The molecule has 2 rings (SSSR count). The van der Waals surface area contributed by atoms with E-state index in [2.05, 4.69) is 29.4 Å². The fourth-order valence-electron chi connectivity index (χ4n) is 2.05. The van der Waals surface area contributed by atoms with E-state index in [0.717, 1.165) is 35.2 Å². The van der Waals surface area contributed by atoms with Crippen LogP contribution in [0.4, 0.5) is 5.13 Å². The number of rotatable bonds is 9. The predicted molar refractivity (Wildman–Crippen MR) is 98.9 cm³/mol. The van der Waals surface area contributed by atoms with E-state index in [0.29, 0.717) is 0 Å². The van der Waals surface area contributed by atoms with Crippen LogP contribution in [0.3, 0.4) is 0 Å². The molecular formula is C18H25N3OS. The van der Waals surface area contributed by atoms with E-state index in [1.54, 1.807) is 17.6 Å². The molecule has 0 atom stereocenters. The van der Waals surface area contributed by atoms with Gasteiger partial charge in [-0.25, -0.2) is 4.98 Å². The first-order valence-corrected chi connectivity index (χ1v) is 8.96. The molecule has 2 aromatic rings. The lowest BCUT2D eigenvalue weighted by Crippen LogP contribution is -1.97. The van der Waals surface area contributed by atoms with Crippen LogP contribution >= 0.6 is 11.3 Å². The molecule has 4 nitrogen and oxygen atoms in total. The van der Waals surface area contributed by atoms with Gasteiger partial charge in [0.2, 0.25) is 5.13 Å². The molecule has 0 radical (unpaired) electrons. The number of nitrogens with one attached hydrogen (secondary N) is 1. The van der Waals surface area contributed by atoms with Gasteiger partial charge >= 0.3 is 0 Å². The Bertz CT molecular complexity index is 600. The quantitative estimate of drug-likeness (QED) is 0.392. The predicted octanol–water partition coefficient (Wildman–Crippen LogP) is 5.17. The van der Waals surface area contributed by atoms with E-state index < -0.39 is 0 Å². The molecule has 124 valence electrons. The lowest BCUT2D eigenvalue weighted by molar-refractivity contribution is 0.305. The van der Waals surface area contributed by atoms with Crippen molar-refractivity contribution in [3.63, 3.8) is 0 Å². The molecule has 0 bridgehead atoms. The Kier molecular flexibility index (Phi) is 7.07. The van der Waals surface area contributed by atoms with E-state index in [-0.39, 0.29) is 0 Å². The minimum atomic E-state index is 0.789. The highest BCUT2D eigenvalue weighted by Gasteiger charge is 2.01. The third-order valence-corrected chi connectivity index (χ3v) is 4.53. The number of anilines is 1. The van der Waals surface area contributed by atoms with Gasteiger partial charge in [-0.3, -0.25) is 5.43 Å². The standard InChI is InChI=1S/C18H25N3OS/c1-4-5-6-7-12-22-17-10-8-16(9-11-17)13-19-21-18-20-14(2)15(3)23-18/h8-11,13H,4-7,12H2,1-3H3,(H,20,21)/b19-13-. The van der Waals surface area contributed by atoms with Crippen molar-refractivity contribution in [2.24, 2.45) is 5.10 Å². The van der Waals surface area contributed by atoms with Gasteiger partial charge in [0.1, 0.15) is 5.75 Å². The second kappa shape index (κ2) is 9.30. The van der Waals surface area contributed by atoms with Gasteiger partial charge < -0.3 is 4.74 Å². The van der Waals surface area contributed by atoms with Crippen LogP contribution in [0.5, 0.6) is 5.75 Å². The summed E-state index contributed by atoms with van der Waals surface area (Å²) in [4.78, 5) is 5.60. The van der Waals surface area contributed by atoms with Gasteiger partial charge in [-0.05, 0) is 50.1 Å². The fourth-order valence-corrected chi connectivity index (χ4v) is 2.82. The summed E-state index contributed by atoms with van der Waals surface area (Å²) in [6.45, 7) is 7.06. The van der Waals surface area contributed by atoms with Crippen LogP contribution in [0.25, 0.3) is 0 Å². The number of nitrogens with zero attached hydrogens (tertiary/aromatic N) is 2. The Balaban J connectivity index is 1.76. The van der Waals surface area contributed by atoms with Crippen molar-refractivity contribution in [2.75, 3.05) is 12.0 Å². The molecule has 1 aromatic heterocycles. The Hall–Kier alpha value is -1.88. The Morgan fingerprint density at radius 1 is 1.17 bits per heavy atom. The van der Waals surface area contributed by atoms with Gasteiger partial charge in [0.05, 0.1) is 18.5 Å². The minimum Gasteiger partial charge on any atom is -0.494 e. The zero-order valence-corrected chi connectivity index (χ0v) is 14.9. The van der Waals surface area contributed by atoms with Crippen molar-refractivity contribution in [2.45, 2.75) is 46.5 Å². The summed E-state index contributed by atoms with van der Waals surface area (Å²) in [6, 6.07) is 7.98. The maximum Gasteiger partial charge on any atom is 0.203 e. The van der Waals surface area contributed by atoms with Gasteiger partial charge in [0.15, 0.2) is 0 Å². The maximum absolute atomic E-state index is 5.73. The first-order valence-electron chi connectivity index (χ1n) is 8.15. The van der Waals surface area contributed by atoms with E-state index in [1.807, 2.05) is 31.2 Å². The summed E-state index contributed by atoms with van der Waals surface area (Å²) < 4.78 is 5.73. The Labute approximate surface area is 142 Å². The molecule has 5 heteroatoms. The van der Waals surface area contributed by atoms with Crippen LogP contribution in [0, 0.1) is 13.8 Å². The van der Waals surface area contributed by atoms with E-state index in [4.69, 9.17) is 4.74 Å². The highest BCUT2D eigenvalue weighted by molar-refractivity contribution is 7.15. The molecule has 1 N–H and O–H groups in total. The maximum atomic E-state index is 5.73. The topological polar surface area (TPSA) is 46.5 Å². The van der Waals surface area contributed by atoms with E-state index in [1.165, 1.54) is 24.1 Å². The lowest BCUT2D eigenvalue weighted by atomic mass is 10.2. The number of ether oxygens (including phenoxy) is 1. The van der Waals surface area contributed by atoms with Crippen molar-refractivity contribution in [1.29, 1.82) is 0 Å². The second-order valence-corrected chi connectivity index (χ2v) is 6.71. The number of thiazole rings is 1. The Morgan fingerprint density at radius 2 is 1.96 bits per heavy atom. The highest BCUT2D eigenvalue weighted by atomic mass is 32.1. The molecule has 1 aromatic carbocycles. The van der Waals surface area contributed by atoms with Gasteiger partial charge in [-0.2, -0.15) is 5.10 Å². The molecular weight excluding hydrogens is 306 g/mol. The van der Waals surface area contributed by atoms with Crippen LogP contribution in [0.1, 0.15) is 48.7 Å². The molecule has 0 saturated carbocycles. The zero-order valence-electron chi connectivity index (χ0n) is 14.1. The molecule has 0 aliphatic rings. The molecule has 0 spiro atoms. The summed E-state index contributed by atoms with van der Waals surface area (Å²) in [5.41, 5.74) is 5.05. The Morgan fingerprint density at radius 3 is 2.61 bits per heavy atom. The number of hydrazone groups is 1. The molecule has 0 unspecified atom stereocenters. The summed E-state index contributed by atoms with van der Waals surface area (Å²) in [7, 11) is 0. The molecule has 0 aliphatic heterocycles. The first kappa shape index (κ1) is 17.5.